The van der Waals surface area contributed by atoms with Crippen LogP contribution in [0.3, 0.4) is 0 Å². The van der Waals surface area contributed by atoms with Crippen LogP contribution in [0, 0.1) is 12.8 Å². The zero-order valence-electron chi connectivity index (χ0n) is 19.1. The summed E-state index contributed by atoms with van der Waals surface area (Å²) >= 11 is 0. The van der Waals surface area contributed by atoms with Crippen LogP contribution >= 0.6 is 0 Å². The minimum atomic E-state index is 0.564. The molecule has 4 heteroatoms. The molecule has 32 heavy (non-hydrogen) atoms. The number of nitrogens with zero attached hydrogens (tertiary/aromatic N) is 1. The minimum absolute atomic E-state index is 0.564. The van der Waals surface area contributed by atoms with Gasteiger partial charge >= 0.3 is 0 Å². The molecule has 1 aliphatic carbocycles. The lowest BCUT2D eigenvalue weighted by Gasteiger charge is -2.21. The average Bonchev–Trinajstić information content (AvgIpc) is 2.84. The van der Waals surface area contributed by atoms with Gasteiger partial charge in [-0.05, 0) is 61.1 Å². The van der Waals surface area contributed by atoms with E-state index in [-0.39, 0.29) is 0 Å². The molecule has 1 fully saturated rings. The molecule has 1 saturated carbocycles. The van der Waals surface area contributed by atoms with Crippen LogP contribution < -0.4 is 14.8 Å². The van der Waals surface area contributed by atoms with Crippen molar-refractivity contribution in [1.82, 2.24) is 4.98 Å². The maximum atomic E-state index is 6.00. The van der Waals surface area contributed by atoms with Crippen LogP contribution in [-0.2, 0) is 6.61 Å². The third kappa shape index (κ3) is 6.74. The number of nitrogens with one attached hydrogen (secondary N) is 1. The Hall–Kier alpha value is -3.01. The number of anilines is 2. The maximum Gasteiger partial charge on any atom is 0.133 e. The summed E-state index contributed by atoms with van der Waals surface area (Å²) in [4.78, 5) is 4.45. The number of ether oxygens (including phenoxy) is 2. The molecule has 168 valence electrons. The van der Waals surface area contributed by atoms with Crippen LogP contribution in [0.5, 0.6) is 11.5 Å². The first-order valence-corrected chi connectivity index (χ1v) is 11.9. The van der Waals surface area contributed by atoms with Crippen molar-refractivity contribution in [3.8, 4) is 11.5 Å². The molecule has 4 nitrogen and oxygen atoms in total. The van der Waals surface area contributed by atoms with Crippen molar-refractivity contribution in [2.45, 2.75) is 58.5 Å². The highest BCUT2D eigenvalue weighted by Gasteiger charge is 2.12. The van der Waals surface area contributed by atoms with Crippen molar-refractivity contribution < 1.29 is 9.47 Å². The van der Waals surface area contributed by atoms with Gasteiger partial charge in [-0.3, -0.25) is 0 Å². The van der Waals surface area contributed by atoms with Crippen molar-refractivity contribution in [1.29, 1.82) is 0 Å². The van der Waals surface area contributed by atoms with E-state index in [1.807, 2.05) is 42.5 Å². The summed E-state index contributed by atoms with van der Waals surface area (Å²) in [5.74, 6) is 3.42. The Bertz CT molecular complexity index is 968. The van der Waals surface area contributed by atoms with E-state index < -0.39 is 0 Å². The third-order valence-electron chi connectivity index (χ3n) is 6.19. The summed E-state index contributed by atoms with van der Waals surface area (Å²) in [7, 11) is 0. The topological polar surface area (TPSA) is 43.4 Å². The number of pyridine rings is 1. The van der Waals surface area contributed by atoms with Gasteiger partial charge in [0.05, 0.1) is 6.61 Å². The van der Waals surface area contributed by atoms with Gasteiger partial charge in [-0.25, -0.2) is 4.98 Å². The van der Waals surface area contributed by atoms with Crippen LogP contribution in [0.2, 0.25) is 0 Å². The van der Waals surface area contributed by atoms with Gasteiger partial charge in [-0.15, -0.1) is 0 Å². The SMILES string of the molecule is Cc1cc(OCc2ccccc2)ccc1Nc1cc(OCCCC2CCCCC2)ccn1. The van der Waals surface area contributed by atoms with Gasteiger partial charge in [0.25, 0.3) is 0 Å². The molecular formula is C28H34N2O2. The second-order valence-electron chi connectivity index (χ2n) is 8.75. The molecule has 0 bridgehead atoms. The third-order valence-corrected chi connectivity index (χ3v) is 6.19. The lowest BCUT2D eigenvalue weighted by atomic mass is 9.86. The summed E-state index contributed by atoms with van der Waals surface area (Å²) in [6.45, 7) is 3.41. The summed E-state index contributed by atoms with van der Waals surface area (Å²) in [6, 6.07) is 20.2. The summed E-state index contributed by atoms with van der Waals surface area (Å²) in [6.07, 6.45) is 11.2. The molecule has 3 aromatic rings. The fourth-order valence-corrected chi connectivity index (χ4v) is 4.35. The second-order valence-corrected chi connectivity index (χ2v) is 8.75. The van der Waals surface area contributed by atoms with E-state index in [1.54, 1.807) is 6.20 Å². The zero-order chi connectivity index (χ0) is 22.0. The van der Waals surface area contributed by atoms with E-state index in [0.717, 1.165) is 53.1 Å². The lowest BCUT2D eigenvalue weighted by Crippen LogP contribution is -2.08. The van der Waals surface area contributed by atoms with E-state index in [9.17, 15) is 0 Å². The monoisotopic (exact) mass is 430 g/mol. The molecular weight excluding hydrogens is 396 g/mol. The smallest absolute Gasteiger partial charge is 0.133 e. The fourth-order valence-electron chi connectivity index (χ4n) is 4.35. The van der Waals surface area contributed by atoms with Crippen LogP contribution in [0.15, 0.2) is 66.9 Å². The number of hydrogen-bond donors (Lipinski definition) is 1. The Morgan fingerprint density at radius 3 is 2.53 bits per heavy atom. The molecule has 0 unspecified atom stereocenters. The Morgan fingerprint density at radius 1 is 0.906 bits per heavy atom. The number of aryl methyl sites for hydroxylation is 1. The average molecular weight is 431 g/mol. The minimum Gasteiger partial charge on any atom is -0.493 e. The van der Waals surface area contributed by atoms with E-state index in [0.29, 0.717) is 6.61 Å². The van der Waals surface area contributed by atoms with E-state index in [2.05, 4.69) is 35.4 Å². The normalized spacial score (nSPS) is 14.2. The molecule has 1 N–H and O–H groups in total. The summed E-state index contributed by atoms with van der Waals surface area (Å²) in [5, 5.41) is 3.41. The van der Waals surface area contributed by atoms with Crippen LogP contribution in [0.4, 0.5) is 11.5 Å². The highest BCUT2D eigenvalue weighted by Crippen LogP contribution is 2.28. The predicted octanol–water partition coefficient (Wildman–Crippen LogP) is 7.45. The Balaban J connectivity index is 1.26. The van der Waals surface area contributed by atoms with Gasteiger partial charge in [-0.2, -0.15) is 0 Å². The molecule has 0 amide bonds. The van der Waals surface area contributed by atoms with Crippen molar-refractivity contribution in [3.63, 3.8) is 0 Å². The number of rotatable bonds is 10. The molecule has 0 spiro atoms. The van der Waals surface area contributed by atoms with Crippen LogP contribution in [0.1, 0.15) is 56.1 Å². The van der Waals surface area contributed by atoms with Gasteiger partial charge in [0.1, 0.15) is 23.9 Å². The van der Waals surface area contributed by atoms with E-state index in [1.165, 1.54) is 38.5 Å². The lowest BCUT2D eigenvalue weighted by molar-refractivity contribution is 0.269. The first kappa shape index (κ1) is 22.2. The molecule has 1 aliphatic rings. The van der Waals surface area contributed by atoms with Crippen molar-refractivity contribution >= 4 is 11.5 Å². The summed E-state index contributed by atoms with van der Waals surface area (Å²) in [5.41, 5.74) is 3.28. The number of aromatic nitrogens is 1. The van der Waals surface area contributed by atoms with Gasteiger partial charge < -0.3 is 14.8 Å². The van der Waals surface area contributed by atoms with Gasteiger partial charge in [-0.1, -0.05) is 62.4 Å². The largest absolute Gasteiger partial charge is 0.493 e. The predicted molar refractivity (Wildman–Crippen MR) is 131 cm³/mol. The van der Waals surface area contributed by atoms with Gasteiger partial charge in [0.2, 0.25) is 0 Å². The van der Waals surface area contributed by atoms with Crippen LogP contribution in [-0.4, -0.2) is 11.6 Å². The van der Waals surface area contributed by atoms with Gasteiger partial charge in [0.15, 0.2) is 0 Å². The highest BCUT2D eigenvalue weighted by molar-refractivity contribution is 5.62. The van der Waals surface area contributed by atoms with Crippen molar-refractivity contribution in [2.75, 3.05) is 11.9 Å². The number of hydrogen-bond acceptors (Lipinski definition) is 4. The van der Waals surface area contributed by atoms with Crippen LogP contribution in [0.25, 0.3) is 0 Å². The Labute approximate surface area is 192 Å². The Morgan fingerprint density at radius 2 is 1.72 bits per heavy atom. The first-order chi connectivity index (χ1) is 15.8. The fraction of sp³-hybridized carbons (Fsp3) is 0.393. The molecule has 0 atom stereocenters. The molecule has 0 saturated heterocycles. The summed E-state index contributed by atoms with van der Waals surface area (Å²) < 4.78 is 11.9. The maximum absolute atomic E-state index is 6.00. The Kier molecular flexibility index (Phi) is 8.02. The van der Waals surface area contributed by atoms with Crippen molar-refractivity contribution in [2.24, 2.45) is 5.92 Å². The quantitative estimate of drug-likeness (QED) is 0.339. The molecule has 4 rings (SSSR count). The first-order valence-electron chi connectivity index (χ1n) is 11.9. The van der Waals surface area contributed by atoms with Gasteiger partial charge in [0, 0.05) is 18.0 Å². The molecule has 1 aromatic heterocycles. The van der Waals surface area contributed by atoms with Crippen molar-refractivity contribution in [3.05, 3.63) is 78.0 Å². The number of benzene rings is 2. The van der Waals surface area contributed by atoms with E-state index >= 15 is 0 Å². The van der Waals surface area contributed by atoms with E-state index in [4.69, 9.17) is 9.47 Å². The molecule has 0 radical (unpaired) electrons. The molecule has 0 aliphatic heterocycles. The standard InChI is InChI=1S/C28H34N2O2/c1-22-19-25(32-21-24-11-6-3-7-12-24)14-15-27(22)30-28-20-26(16-17-29-28)31-18-8-13-23-9-4-2-5-10-23/h3,6-7,11-12,14-17,19-20,23H,2,4-5,8-10,13,18,21H2,1H3,(H,29,30). The molecule has 1 heterocycles. The molecule has 2 aromatic carbocycles. The second kappa shape index (κ2) is 11.6. The highest BCUT2D eigenvalue weighted by atomic mass is 16.5. The zero-order valence-corrected chi connectivity index (χ0v) is 19.1.